The average molecular weight is 765 g/mol. The quantitative estimate of drug-likeness (QED) is 0.163. The zero-order valence-electron chi connectivity index (χ0n) is 30.5. The molecule has 2 fully saturated rings. The summed E-state index contributed by atoms with van der Waals surface area (Å²) >= 11 is 0. The highest BCUT2D eigenvalue weighted by Gasteiger charge is 2.36. The third-order valence-electron chi connectivity index (χ3n) is 9.52. The minimum atomic E-state index is -4.79. The van der Waals surface area contributed by atoms with E-state index < -0.39 is 47.4 Å². The molecule has 3 N–H and O–H groups in total. The van der Waals surface area contributed by atoms with Gasteiger partial charge in [-0.3, -0.25) is 29.4 Å². The number of likely N-dealkylation sites (N-methyl/N-ethyl adjacent to an activating group) is 1. The molecule has 2 saturated heterocycles. The Kier molecular flexibility index (Phi) is 13.0. The largest absolute Gasteiger partial charge is 0.494 e. The van der Waals surface area contributed by atoms with Gasteiger partial charge in [0, 0.05) is 57.6 Å². The fourth-order valence-electron chi connectivity index (χ4n) is 6.20. The molecule has 2 aliphatic rings. The molecule has 2 atom stereocenters. The number of ether oxygens (including phenoxy) is 2. The number of piperidine rings is 1. The van der Waals surface area contributed by atoms with E-state index in [-0.39, 0.29) is 30.3 Å². The van der Waals surface area contributed by atoms with E-state index in [0.717, 1.165) is 62.5 Å². The van der Waals surface area contributed by atoms with Crippen molar-refractivity contribution < 1.29 is 46.9 Å². The normalized spacial score (nSPS) is 17.4. The first-order valence-corrected chi connectivity index (χ1v) is 17.8. The molecule has 2 unspecified atom stereocenters. The van der Waals surface area contributed by atoms with Gasteiger partial charge in [-0.15, -0.1) is 0 Å². The molecule has 0 aliphatic carbocycles. The number of benzene rings is 3. The van der Waals surface area contributed by atoms with Crippen LogP contribution in [0.25, 0.3) is 0 Å². The second kappa shape index (κ2) is 17.7. The number of halogens is 3. The van der Waals surface area contributed by atoms with Crippen LogP contribution in [0.4, 0.5) is 24.5 Å². The number of alkyl halides is 3. The highest BCUT2D eigenvalue weighted by molar-refractivity contribution is 6.01. The Hall–Kier alpha value is -5.66. The van der Waals surface area contributed by atoms with Crippen LogP contribution in [-0.2, 0) is 31.8 Å². The van der Waals surface area contributed by atoms with Gasteiger partial charge in [-0.1, -0.05) is 12.1 Å². The number of amides is 4. The number of nitrogens with zero attached hydrogens (tertiary/aromatic N) is 4. The van der Waals surface area contributed by atoms with Gasteiger partial charge in [0.05, 0.1) is 30.2 Å². The Balaban J connectivity index is 0.985. The van der Waals surface area contributed by atoms with E-state index in [9.17, 15) is 37.5 Å². The van der Waals surface area contributed by atoms with Crippen LogP contribution in [0.3, 0.4) is 0 Å². The summed E-state index contributed by atoms with van der Waals surface area (Å²) in [6.07, 6.45) is -3.31. The molecule has 13 nitrogen and oxygen atoms in total. The number of nitrogens with one attached hydrogen (secondary N) is 2. The van der Waals surface area contributed by atoms with Gasteiger partial charge in [0.25, 0.3) is 5.91 Å². The molecule has 0 aromatic heterocycles. The minimum absolute atomic E-state index is 0.131. The Morgan fingerprint density at radius 1 is 1.00 bits per heavy atom. The maximum atomic E-state index is 13.3. The van der Waals surface area contributed by atoms with E-state index >= 15 is 0 Å². The molecule has 5 rings (SSSR count). The second-order valence-corrected chi connectivity index (χ2v) is 13.7. The van der Waals surface area contributed by atoms with Crippen molar-refractivity contribution in [3.8, 4) is 17.6 Å². The van der Waals surface area contributed by atoms with Crippen LogP contribution < -0.4 is 25.0 Å². The monoisotopic (exact) mass is 764 g/mol. The number of anilines is 2. The first kappa shape index (κ1) is 40.5. The van der Waals surface area contributed by atoms with E-state index in [4.69, 9.17) is 14.7 Å². The van der Waals surface area contributed by atoms with Crippen molar-refractivity contribution in [1.29, 1.82) is 5.26 Å². The number of aliphatic hydroxyl groups is 1. The molecule has 0 bridgehead atoms. The summed E-state index contributed by atoms with van der Waals surface area (Å²) in [5.74, 6) is -0.850. The van der Waals surface area contributed by atoms with E-state index in [1.165, 1.54) is 17.9 Å². The van der Waals surface area contributed by atoms with Crippen LogP contribution in [0.5, 0.6) is 11.5 Å². The van der Waals surface area contributed by atoms with Crippen molar-refractivity contribution in [2.45, 2.75) is 50.4 Å². The van der Waals surface area contributed by atoms with Crippen LogP contribution in [0, 0.1) is 11.3 Å². The molecule has 2 aliphatic heterocycles. The third-order valence-corrected chi connectivity index (χ3v) is 9.52. The van der Waals surface area contributed by atoms with Crippen LogP contribution in [-0.4, -0.2) is 103 Å². The summed E-state index contributed by atoms with van der Waals surface area (Å²) < 4.78 is 51.4. The highest BCUT2D eigenvalue weighted by Crippen LogP contribution is 2.34. The summed E-state index contributed by atoms with van der Waals surface area (Å²) in [4.78, 5) is 54.9. The first-order chi connectivity index (χ1) is 26.1. The Bertz CT molecular complexity index is 1890. The van der Waals surface area contributed by atoms with Gasteiger partial charge in [0.15, 0.2) is 5.60 Å². The van der Waals surface area contributed by atoms with Crippen molar-refractivity contribution in [1.82, 2.24) is 15.1 Å². The van der Waals surface area contributed by atoms with Gasteiger partial charge in [-0.05, 0) is 79.9 Å². The lowest BCUT2D eigenvalue weighted by Gasteiger charge is -2.36. The number of carbonyl (C=O) groups excluding carboxylic acids is 4. The zero-order valence-corrected chi connectivity index (χ0v) is 30.5. The van der Waals surface area contributed by atoms with Gasteiger partial charge in [0.1, 0.15) is 24.1 Å². The molecule has 4 amide bonds. The lowest BCUT2D eigenvalue weighted by atomic mass is 10.0. The molecule has 0 saturated carbocycles. The number of carbonyl (C=O) groups is 4. The number of imide groups is 1. The van der Waals surface area contributed by atoms with E-state index in [1.54, 1.807) is 19.2 Å². The molecule has 0 spiro atoms. The number of nitriles is 1. The van der Waals surface area contributed by atoms with Crippen LogP contribution in [0.15, 0.2) is 66.7 Å². The molecule has 2 heterocycles. The zero-order chi connectivity index (χ0) is 39.8. The topological polar surface area (TPSA) is 165 Å². The molecule has 3 aromatic rings. The number of rotatable bonds is 14. The van der Waals surface area contributed by atoms with Crippen molar-refractivity contribution in [2.75, 3.05) is 63.2 Å². The van der Waals surface area contributed by atoms with Crippen molar-refractivity contribution in [3.05, 3.63) is 83.4 Å². The van der Waals surface area contributed by atoms with Gasteiger partial charge in [-0.25, -0.2) is 0 Å². The summed E-state index contributed by atoms with van der Waals surface area (Å²) in [6, 6.07) is 18.1. The minimum Gasteiger partial charge on any atom is -0.494 e. The van der Waals surface area contributed by atoms with E-state index in [0.29, 0.717) is 30.6 Å². The van der Waals surface area contributed by atoms with Crippen molar-refractivity contribution >= 4 is 35.0 Å². The van der Waals surface area contributed by atoms with Crippen molar-refractivity contribution in [3.63, 3.8) is 0 Å². The maximum Gasteiger partial charge on any atom is 0.417 e. The fraction of sp³-hybridized carbons (Fsp3) is 0.410. The van der Waals surface area contributed by atoms with Crippen LogP contribution in [0.1, 0.15) is 42.9 Å². The summed E-state index contributed by atoms with van der Waals surface area (Å²) in [5, 5.41) is 24.2. The van der Waals surface area contributed by atoms with Crippen LogP contribution in [0.2, 0.25) is 0 Å². The fourth-order valence-corrected chi connectivity index (χ4v) is 6.20. The molecule has 0 radical (unpaired) electrons. The molecule has 55 heavy (non-hydrogen) atoms. The number of piperazine rings is 1. The number of hydrogen-bond acceptors (Lipinski definition) is 10. The summed E-state index contributed by atoms with van der Waals surface area (Å²) in [7, 11) is 1.57. The van der Waals surface area contributed by atoms with Gasteiger partial charge in [0.2, 0.25) is 17.7 Å². The maximum absolute atomic E-state index is 13.3. The lowest BCUT2D eigenvalue weighted by molar-refractivity contribution is -0.144. The SMILES string of the molecule is CN(C(=O)Cc1ccc(OCCCN2CCN(c3ccc(OCC(C)(O)C(=O)Nc4ccc(C#N)c(C(F)(F)F)c4)cc3)CC2)cc1)C1CCC(=O)NC1=O. The van der Waals surface area contributed by atoms with E-state index in [1.807, 2.05) is 36.4 Å². The molecule has 292 valence electrons. The van der Waals surface area contributed by atoms with E-state index in [2.05, 4.69) is 20.4 Å². The summed E-state index contributed by atoms with van der Waals surface area (Å²) in [5.41, 5.74) is -2.29. The smallest absolute Gasteiger partial charge is 0.417 e. The average Bonchev–Trinajstić information content (AvgIpc) is 3.16. The molecule has 3 aromatic carbocycles. The Morgan fingerprint density at radius 2 is 1.65 bits per heavy atom. The predicted molar refractivity (Wildman–Crippen MR) is 195 cm³/mol. The Morgan fingerprint density at radius 3 is 2.29 bits per heavy atom. The van der Waals surface area contributed by atoms with Gasteiger partial charge >= 0.3 is 6.18 Å². The first-order valence-electron chi connectivity index (χ1n) is 17.8. The molecule has 16 heteroatoms. The Labute approximate surface area is 316 Å². The summed E-state index contributed by atoms with van der Waals surface area (Å²) in [6.45, 7) is 5.45. The predicted octanol–water partition coefficient (Wildman–Crippen LogP) is 3.74. The standard InChI is InChI=1S/C39H43F3N6O7/c1-38(53,37(52)44-28-7-6-27(24-43)32(23-28)39(40,41)42)25-55-31-12-8-29(9-13-31)48-19-17-47(18-20-48)16-3-21-54-30-10-4-26(5-11-30)22-35(50)46(2)33-14-15-34(49)45-36(33)51/h4-13,23,33,53H,3,14-22,25H2,1-2H3,(H,44,52)(H,45,49,51). The van der Waals surface area contributed by atoms with Gasteiger partial charge in [-0.2, -0.15) is 18.4 Å². The second-order valence-electron chi connectivity index (χ2n) is 13.7. The van der Waals surface area contributed by atoms with Crippen molar-refractivity contribution in [2.24, 2.45) is 0 Å². The number of hydrogen-bond donors (Lipinski definition) is 3. The lowest BCUT2D eigenvalue weighted by Crippen LogP contribution is -2.53. The van der Waals surface area contributed by atoms with Gasteiger partial charge < -0.3 is 29.7 Å². The molecular weight excluding hydrogens is 721 g/mol. The molecular formula is C39H43F3N6O7. The highest BCUT2D eigenvalue weighted by atomic mass is 19.4. The third kappa shape index (κ3) is 11.0. The van der Waals surface area contributed by atoms with Crippen LogP contribution >= 0.6 is 0 Å².